The number of thiophene rings is 1. The minimum Gasteiger partial charge on any atom is -0.455 e. The monoisotopic (exact) mass is 346 g/mol. The zero-order chi connectivity index (χ0) is 16.7. The number of nitrogens with zero attached hydrogens (tertiary/aromatic N) is 1. The van der Waals surface area contributed by atoms with Crippen molar-refractivity contribution in [1.29, 1.82) is 5.26 Å². The number of hydrogen-bond donors (Lipinski definition) is 1. The van der Waals surface area contributed by atoms with Crippen LogP contribution in [0, 0.1) is 17.6 Å². The average molecular weight is 346 g/mol. The zero-order valence-electron chi connectivity index (χ0n) is 12.4. The molecule has 0 bridgehead atoms. The Morgan fingerprint density at radius 1 is 1.39 bits per heavy atom. The van der Waals surface area contributed by atoms with Crippen LogP contribution in [0.25, 0.3) is 0 Å². The Morgan fingerprint density at radius 2 is 2.22 bits per heavy atom. The van der Waals surface area contributed by atoms with E-state index < -0.39 is 11.9 Å². The smallest absolute Gasteiger partial charge is 0.310 e. The highest BCUT2D eigenvalue weighted by Crippen LogP contribution is 2.23. The van der Waals surface area contributed by atoms with E-state index in [1.165, 1.54) is 11.3 Å². The molecule has 1 N–H and O–H groups in total. The first kappa shape index (κ1) is 17.1. The van der Waals surface area contributed by atoms with Crippen LogP contribution >= 0.6 is 23.1 Å². The quantitative estimate of drug-likeness (QED) is 0.493. The third-order valence-corrected chi connectivity index (χ3v) is 4.24. The van der Waals surface area contributed by atoms with Gasteiger partial charge in [-0.25, -0.2) is 0 Å². The van der Waals surface area contributed by atoms with E-state index in [0.717, 1.165) is 27.8 Å². The summed E-state index contributed by atoms with van der Waals surface area (Å²) in [5.41, 5.74) is 2.34. The van der Waals surface area contributed by atoms with E-state index in [9.17, 15) is 9.59 Å². The van der Waals surface area contributed by atoms with Crippen LogP contribution in [-0.2, 0) is 20.7 Å². The lowest BCUT2D eigenvalue weighted by Crippen LogP contribution is -2.22. The molecule has 2 rings (SSSR count). The van der Waals surface area contributed by atoms with Gasteiger partial charge in [0.2, 0.25) is 0 Å². The number of anilines is 1. The summed E-state index contributed by atoms with van der Waals surface area (Å²) < 4.78 is 4.96. The molecule has 118 valence electrons. The van der Waals surface area contributed by atoms with Crippen molar-refractivity contribution in [1.82, 2.24) is 0 Å². The highest BCUT2D eigenvalue weighted by molar-refractivity contribution is 8.03. The molecule has 1 aromatic carbocycles. The van der Waals surface area contributed by atoms with Gasteiger partial charge in [0, 0.05) is 10.6 Å². The number of ether oxygens (including phenoxy) is 1. The van der Waals surface area contributed by atoms with E-state index in [2.05, 4.69) is 5.32 Å². The number of carbonyl (C=O) groups is 2. The number of hydrogen-bond acceptors (Lipinski definition) is 6. The number of rotatable bonds is 6. The third kappa shape index (κ3) is 5.43. The molecular weight excluding hydrogens is 332 g/mol. The van der Waals surface area contributed by atoms with Crippen molar-refractivity contribution in [2.75, 3.05) is 11.9 Å². The van der Waals surface area contributed by atoms with Gasteiger partial charge in [0.25, 0.3) is 5.91 Å². The van der Waals surface area contributed by atoms with E-state index in [1.807, 2.05) is 35.2 Å². The fourth-order valence-electron chi connectivity index (χ4n) is 1.84. The fourth-order valence-corrected chi connectivity index (χ4v) is 2.98. The predicted molar refractivity (Wildman–Crippen MR) is 90.3 cm³/mol. The molecule has 0 spiro atoms. The van der Waals surface area contributed by atoms with Gasteiger partial charge in [-0.2, -0.15) is 16.6 Å². The van der Waals surface area contributed by atoms with Gasteiger partial charge in [-0.3, -0.25) is 9.59 Å². The van der Waals surface area contributed by atoms with E-state index in [4.69, 9.17) is 10.00 Å². The van der Waals surface area contributed by atoms with Gasteiger partial charge in [0.1, 0.15) is 5.40 Å². The van der Waals surface area contributed by atoms with Crippen molar-refractivity contribution in [2.24, 2.45) is 0 Å². The molecule has 0 aliphatic carbocycles. The summed E-state index contributed by atoms with van der Waals surface area (Å²) in [6.07, 6.45) is 0.163. The highest BCUT2D eigenvalue weighted by atomic mass is 32.2. The minimum absolute atomic E-state index is 0.163. The lowest BCUT2D eigenvalue weighted by Gasteiger charge is -2.09. The van der Waals surface area contributed by atoms with Crippen molar-refractivity contribution in [3.05, 3.63) is 46.2 Å². The Hall–Kier alpha value is -2.30. The highest BCUT2D eigenvalue weighted by Gasteiger charge is 2.10. The van der Waals surface area contributed by atoms with Crippen molar-refractivity contribution in [3.8, 4) is 5.40 Å². The first-order valence-electron chi connectivity index (χ1n) is 6.71. The van der Waals surface area contributed by atoms with Crippen LogP contribution in [0.5, 0.6) is 0 Å². The van der Waals surface area contributed by atoms with E-state index >= 15 is 0 Å². The van der Waals surface area contributed by atoms with Crippen LogP contribution < -0.4 is 5.32 Å². The number of benzene rings is 1. The Kier molecular flexibility index (Phi) is 6.20. The second kappa shape index (κ2) is 8.36. The maximum absolute atomic E-state index is 11.8. The van der Waals surface area contributed by atoms with Crippen LogP contribution in [0.4, 0.5) is 5.69 Å². The van der Waals surface area contributed by atoms with Gasteiger partial charge in [0.05, 0.1) is 6.42 Å². The summed E-state index contributed by atoms with van der Waals surface area (Å²) in [5, 5.41) is 17.1. The molecule has 0 radical (unpaired) electrons. The van der Waals surface area contributed by atoms with Crippen LogP contribution in [0.1, 0.15) is 11.1 Å². The van der Waals surface area contributed by atoms with Gasteiger partial charge < -0.3 is 10.1 Å². The maximum Gasteiger partial charge on any atom is 0.310 e. The SMILES string of the molecule is Cc1cc(SC#N)ccc1NC(=O)COC(=O)Cc1ccsc1. The third-order valence-electron chi connectivity index (χ3n) is 2.93. The topological polar surface area (TPSA) is 79.2 Å². The molecule has 1 aromatic heterocycles. The Morgan fingerprint density at radius 3 is 2.87 bits per heavy atom. The molecule has 0 unspecified atom stereocenters. The number of amides is 1. The molecule has 7 heteroatoms. The number of thioether (sulfide) groups is 1. The lowest BCUT2D eigenvalue weighted by molar-refractivity contribution is -0.146. The first-order chi connectivity index (χ1) is 11.1. The van der Waals surface area contributed by atoms with Crippen molar-refractivity contribution in [3.63, 3.8) is 0 Å². The number of carbonyl (C=O) groups excluding carboxylic acids is 2. The summed E-state index contributed by atoms with van der Waals surface area (Å²) in [7, 11) is 0. The summed E-state index contributed by atoms with van der Waals surface area (Å²) in [6, 6.07) is 7.13. The molecular formula is C16H14N2O3S2. The summed E-state index contributed by atoms with van der Waals surface area (Å²) in [6.45, 7) is 1.51. The van der Waals surface area contributed by atoms with Crippen LogP contribution in [0.3, 0.4) is 0 Å². The molecule has 0 saturated heterocycles. The normalized spacial score (nSPS) is 9.91. The largest absolute Gasteiger partial charge is 0.455 e. The molecule has 0 fully saturated rings. The van der Waals surface area contributed by atoms with Gasteiger partial charge in [-0.05, 0) is 64.8 Å². The van der Waals surface area contributed by atoms with E-state index in [1.54, 1.807) is 12.1 Å². The van der Waals surface area contributed by atoms with Gasteiger partial charge in [-0.15, -0.1) is 0 Å². The minimum atomic E-state index is -0.434. The van der Waals surface area contributed by atoms with Crippen molar-refractivity contribution in [2.45, 2.75) is 18.2 Å². The predicted octanol–water partition coefficient (Wildman–Crippen LogP) is 3.35. The van der Waals surface area contributed by atoms with E-state index in [-0.39, 0.29) is 13.0 Å². The first-order valence-corrected chi connectivity index (χ1v) is 8.47. The van der Waals surface area contributed by atoms with Gasteiger partial charge >= 0.3 is 5.97 Å². The fraction of sp³-hybridized carbons (Fsp3) is 0.188. The number of nitriles is 1. The summed E-state index contributed by atoms with van der Waals surface area (Å²) in [5.74, 6) is -0.830. The molecule has 5 nitrogen and oxygen atoms in total. The standard InChI is InChI=1S/C16H14N2O3S2/c1-11-6-13(23-10-17)2-3-14(11)18-15(19)8-21-16(20)7-12-4-5-22-9-12/h2-6,9H,7-8H2,1H3,(H,18,19). The number of aryl methyl sites for hydroxylation is 1. The Labute approximate surface area is 142 Å². The molecule has 23 heavy (non-hydrogen) atoms. The summed E-state index contributed by atoms with van der Waals surface area (Å²) >= 11 is 2.56. The number of nitrogens with one attached hydrogen (secondary N) is 1. The van der Waals surface area contributed by atoms with Crippen LogP contribution in [0.15, 0.2) is 39.9 Å². The molecule has 1 heterocycles. The van der Waals surface area contributed by atoms with Gasteiger partial charge in [-0.1, -0.05) is 0 Å². The van der Waals surface area contributed by atoms with Gasteiger partial charge in [0.15, 0.2) is 6.61 Å². The molecule has 0 saturated carbocycles. The Balaban J connectivity index is 1.82. The lowest BCUT2D eigenvalue weighted by atomic mass is 10.2. The van der Waals surface area contributed by atoms with Crippen molar-refractivity contribution < 1.29 is 14.3 Å². The molecule has 0 aliphatic rings. The van der Waals surface area contributed by atoms with Crippen LogP contribution in [-0.4, -0.2) is 18.5 Å². The molecule has 0 aliphatic heterocycles. The molecule has 2 aromatic rings. The Bertz CT molecular complexity index is 736. The van der Waals surface area contributed by atoms with Crippen LogP contribution in [0.2, 0.25) is 0 Å². The molecule has 0 atom stereocenters. The average Bonchev–Trinajstić information content (AvgIpc) is 3.01. The van der Waals surface area contributed by atoms with E-state index in [0.29, 0.717) is 5.69 Å². The number of thiocyanates is 1. The summed E-state index contributed by atoms with van der Waals surface area (Å²) in [4.78, 5) is 24.3. The molecule has 1 amide bonds. The zero-order valence-corrected chi connectivity index (χ0v) is 14.0. The van der Waals surface area contributed by atoms with Crippen molar-refractivity contribution >= 4 is 40.7 Å². The second-order valence-corrected chi connectivity index (χ2v) is 6.33. The number of esters is 1. The second-order valence-electron chi connectivity index (χ2n) is 4.69. The maximum atomic E-state index is 11.8.